The third-order valence-corrected chi connectivity index (χ3v) is 4.29. The summed E-state index contributed by atoms with van der Waals surface area (Å²) in [5, 5.41) is 18.5. The minimum atomic E-state index is -1.63. The fraction of sp³-hybridized carbons (Fsp3) is 0.889. The van der Waals surface area contributed by atoms with Crippen molar-refractivity contribution >= 4 is 17.0 Å². The highest BCUT2D eigenvalue weighted by Gasteiger charge is 2.40. The predicted octanol–water partition coefficient (Wildman–Crippen LogP) is -0.0300. The Morgan fingerprint density at radius 3 is 2.20 bits per heavy atom. The van der Waals surface area contributed by atoms with Crippen LogP contribution >= 0.6 is 0 Å². The van der Waals surface area contributed by atoms with Crippen LogP contribution in [0.5, 0.6) is 0 Å². The Labute approximate surface area is 91.7 Å². The van der Waals surface area contributed by atoms with Crippen molar-refractivity contribution in [3.8, 4) is 0 Å². The molecule has 88 valence electrons. The molecule has 0 aliphatic carbocycles. The van der Waals surface area contributed by atoms with Crippen LogP contribution in [0.25, 0.3) is 0 Å². The molecule has 1 saturated heterocycles. The molecule has 2 N–H and O–H groups in total. The summed E-state index contributed by atoms with van der Waals surface area (Å²) >= 11 is 0. The first-order valence-electron chi connectivity index (χ1n) is 4.98. The smallest absolute Gasteiger partial charge is 0.335 e. The third-order valence-electron chi connectivity index (χ3n) is 2.61. The van der Waals surface area contributed by atoms with E-state index in [1.54, 1.807) is 4.31 Å². The van der Waals surface area contributed by atoms with Gasteiger partial charge in [-0.15, -0.1) is 0 Å². The van der Waals surface area contributed by atoms with E-state index in [-0.39, 0.29) is 18.1 Å². The van der Waals surface area contributed by atoms with E-state index in [0.717, 1.165) is 0 Å². The number of carboxylic acids is 1. The van der Waals surface area contributed by atoms with Gasteiger partial charge in [0.1, 0.15) is 0 Å². The molecule has 1 fully saturated rings. The molecule has 1 rings (SSSR count). The molecule has 0 radical (unpaired) electrons. The Hall–Kier alpha value is -0.460. The molecule has 1 unspecified atom stereocenters. The summed E-state index contributed by atoms with van der Waals surface area (Å²) in [5.41, 5.74) is -1.63. The van der Waals surface area contributed by atoms with Crippen molar-refractivity contribution in [3.63, 3.8) is 0 Å². The molecular formula is C9H17NO4S. The lowest BCUT2D eigenvalue weighted by Crippen LogP contribution is -2.50. The Kier molecular flexibility index (Phi) is 3.86. The summed E-state index contributed by atoms with van der Waals surface area (Å²) in [6.07, 6.45) is 0.279. The van der Waals surface area contributed by atoms with Gasteiger partial charge in [0.05, 0.1) is 11.0 Å². The van der Waals surface area contributed by atoms with E-state index in [4.69, 9.17) is 5.11 Å². The number of hydrogen-bond acceptors (Lipinski definition) is 3. The third kappa shape index (κ3) is 2.76. The lowest BCUT2D eigenvalue weighted by molar-refractivity contribution is -0.162. The topological polar surface area (TPSA) is 77.8 Å². The van der Waals surface area contributed by atoms with Gasteiger partial charge in [-0.25, -0.2) is 13.3 Å². The molecule has 0 spiro atoms. The van der Waals surface area contributed by atoms with Crippen molar-refractivity contribution in [1.29, 1.82) is 0 Å². The maximum Gasteiger partial charge on any atom is 0.335 e. The first-order chi connectivity index (χ1) is 6.87. The zero-order valence-corrected chi connectivity index (χ0v) is 9.79. The maximum atomic E-state index is 11.7. The molecule has 0 amide bonds. The summed E-state index contributed by atoms with van der Waals surface area (Å²) < 4.78 is 13.4. The van der Waals surface area contributed by atoms with E-state index in [1.807, 2.05) is 13.8 Å². The Morgan fingerprint density at radius 2 is 1.87 bits per heavy atom. The summed E-state index contributed by atoms with van der Waals surface area (Å²) in [6.45, 7) is 4.45. The van der Waals surface area contributed by atoms with Crippen molar-refractivity contribution in [2.24, 2.45) is 0 Å². The van der Waals surface area contributed by atoms with Gasteiger partial charge >= 0.3 is 5.97 Å². The van der Waals surface area contributed by atoms with Crippen LogP contribution in [0.3, 0.4) is 0 Å². The molecule has 1 atom stereocenters. The Balaban J connectivity index is 2.56. The monoisotopic (exact) mass is 235 g/mol. The van der Waals surface area contributed by atoms with Gasteiger partial charge in [0.25, 0.3) is 0 Å². The van der Waals surface area contributed by atoms with Crippen molar-refractivity contribution < 1.29 is 19.2 Å². The molecule has 1 aliphatic heterocycles. The molecule has 0 aromatic rings. The summed E-state index contributed by atoms with van der Waals surface area (Å²) in [4.78, 5) is 10.7. The van der Waals surface area contributed by atoms with E-state index in [2.05, 4.69) is 0 Å². The SMILES string of the molecule is CC(C)S(=O)N1CCC(O)(C(=O)O)CC1. The second-order valence-electron chi connectivity index (χ2n) is 4.09. The van der Waals surface area contributed by atoms with Gasteiger partial charge in [0.2, 0.25) is 0 Å². The number of carbonyl (C=O) groups is 1. The van der Waals surface area contributed by atoms with E-state index in [0.29, 0.717) is 13.1 Å². The van der Waals surface area contributed by atoms with Crippen LogP contribution in [0.2, 0.25) is 0 Å². The largest absolute Gasteiger partial charge is 0.479 e. The van der Waals surface area contributed by atoms with E-state index < -0.39 is 22.6 Å². The fourth-order valence-corrected chi connectivity index (χ4v) is 2.69. The molecule has 0 saturated carbocycles. The number of aliphatic carboxylic acids is 1. The quantitative estimate of drug-likeness (QED) is 0.720. The second kappa shape index (κ2) is 4.59. The summed E-state index contributed by atoms with van der Waals surface area (Å²) in [7, 11) is -1.08. The summed E-state index contributed by atoms with van der Waals surface area (Å²) in [6, 6.07) is 0. The normalized spacial score (nSPS) is 24.0. The molecule has 0 aromatic carbocycles. The zero-order valence-electron chi connectivity index (χ0n) is 8.97. The minimum absolute atomic E-state index is 0.0287. The number of aliphatic hydroxyl groups is 1. The second-order valence-corrected chi connectivity index (χ2v) is 6.10. The molecule has 0 bridgehead atoms. The van der Waals surface area contributed by atoms with Crippen molar-refractivity contribution in [2.75, 3.05) is 13.1 Å². The Bertz CT molecular complexity index is 271. The van der Waals surface area contributed by atoms with Crippen LogP contribution in [0.1, 0.15) is 26.7 Å². The van der Waals surface area contributed by atoms with Gasteiger partial charge in [0.15, 0.2) is 5.60 Å². The zero-order chi connectivity index (χ0) is 11.6. The lowest BCUT2D eigenvalue weighted by Gasteiger charge is -2.35. The van der Waals surface area contributed by atoms with Crippen LogP contribution in [0.15, 0.2) is 0 Å². The van der Waals surface area contributed by atoms with Crippen LogP contribution < -0.4 is 0 Å². The molecule has 15 heavy (non-hydrogen) atoms. The van der Waals surface area contributed by atoms with Gasteiger partial charge in [-0.3, -0.25) is 0 Å². The van der Waals surface area contributed by atoms with Crippen molar-refractivity contribution in [1.82, 2.24) is 4.31 Å². The van der Waals surface area contributed by atoms with E-state index >= 15 is 0 Å². The highest BCUT2D eigenvalue weighted by atomic mass is 32.2. The highest BCUT2D eigenvalue weighted by molar-refractivity contribution is 7.83. The van der Waals surface area contributed by atoms with Crippen LogP contribution in [-0.2, 0) is 15.8 Å². The van der Waals surface area contributed by atoms with E-state index in [1.165, 1.54) is 0 Å². The van der Waals surface area contributed by atoms with Gasteiger partial charge in [0, 0.05) is 31.2 Å². The lowest BCUT2D eigenvalue weighted by atomic mass is 9.93. The standard InChI is InChI=1S/C9H17NO4S/c1-7(2)15(14)10-5-3-9(13,4-6-10)8(11)12/h7,13H,3-6H2,1-2H3,(H,11,12). The van der Waals surface area contributed by atoms with Crippen LogP contribution in [-0.4, -0.2) is 48.6 Å². The molecular weight excluding hydrogens is 218 g/mol. The fourth-order valence-electron chi connectivity index (χ4n) is 1.55. The van der Waals surface area contributed by atoms with Crippen LogP contribution in [0.4, 0.5) is 0 Å². The summed E-state index contributed by atoms with van der Waals surface area (Å²) in [5.74, 6) is -1.18. The first kappa shape index (κ1) is 12.6. The van der Waals surface area contributed by atoms with Gasteiger partial charge < -0.3 is 10.2 Å². The molecule has 0 aromatic heterocycles. The van der Waals surface area contributed by atoms with Crippen LogP contribution in [0, 0.1) is 0 Å². The van der Waals surface area contributed by atoms with E-state index in [9.17, 15) is 14.1 Å². The predicted molar refractivity (Wildman–Crippen MR) is 56.7 cm³/mol. The van der Waals surface area contributed by atoms with Gasteiger partial charge in [-0.2, -0.15) is 0 Å². The van der Waals surface area contributed by atoms with Gasteiger partial charge in [-0.1, -0.05) is 0 Å². The number of carboxylic acid groups (broad SMARTS) is 1. The molecule has 6 heteroatoms. The highest BCUT2D eigenvalue weighted by Crippen LogP contribution is 2.23. The number of nitrogens with zero attached hydrogens (tertiary/aromatic N) is 1. The average molecular weight is 235 g/mol. The molecule has 5 nitrogen and oxygen atoms in total. The minimum Gasteiger partial charge on any atom is -0.479 e. The number of hydrogen-bond donors (Lipinski definition) is 2. The average Bonchev–Trinajstić information content (AvgIpc) is 2.17. The van der Waals surface area contributed by atoms with Crippen molar-refractivity contribution in [2.45, 2.75) is 37.5 Å². The number of piperidine rings is 1. The first-order valence-corrected chi connectivity index (χ1v) is 6.15. The Morgan fingerprint density at radius 1 is 1.40 bits per heavy atom. The molecule has 1 aliphatic rings. The van der Waals surface area contributed by atoms with Crippen molar-refractivity contribution in [3.05, 3.63) is 0 Å². The number of rotatable bonds is 3. The van der Waals surface area contributed by atoms with Gasteiger partial charge in [-0.05, 0) is 13.8 Å². The maximum absolute atomic E-state index is 11.7. The molecule has 1 heterocycles.